The third kappa shape index (κ3) is 2.17. The van der Waals surface area contributed by atoms with Gasteiger partial charge in [-0.25, -0.2) is 0 Å². The van der Waals surface area contributed by atoms with Crippen LogP contribution in [0.25, 0.3) is 0 Å². The molecule has 0 saturated heterocycles. The van der Waals surface area contributed by atoms with Gasteiger partial charge in [-0.05, 0) is 18.1 Å². The standard InChI is InChI=1S/C12H12N2O2/c15-5-4-9-2-1-3-10(6-9)12(16)11-7-13-14-8-11/h1-3,6-8,15H,4-5H2,(H,13,14). The van der Waals surface area contributed by atoms with Gasteiger partial charge in [0.05, 0.1) is 11.8 Å². The first kappa shape index (κ1) is 10.6. The summed E-state index contributed by atoms with van der Waals surface area (Å²) in [4.78, 5) is 11.9. The van der Waals surface area contributed by atoms with Gasteiger partial charge in [-0.15, -0.1) is 0 Å². The summed E-state index contributed by atoms with van der Waals surface area (Å²) < 4.78 is 0. The van der Waals surface area contributed by atoms with Crippen molar-refractivity contribution in [3.8, 4) is 0 Å². The second-order valence-electron chi connectivity index (χ2n) is 3.49. The van der Waals surface area contributed by atoms with E-state index in [1.54, 1.807) is 18.3 Å². The molecule has 82 valence electrons. The highest BCUT2D eigenvalue weighted by molar-refractivity contribution is 6.08. The van der Waals surface area contributed by atoms with Crippen LogP contribution in [0.5, 0.6) is 0 Å². The molecule has 0 atom stereocenters. The molecule has 0 aliphatic heterocycles. The van der Waals surface area contributed by atoms with E-state index in [4.69, 9.17) is 5.11 Å². The molecule has 0 fully saturated rings. The lowest BCUT2D eigenvalue weighted by molar-refractivity contribution is 0.103. The van der Waals surface area contributed by atoms with E-state index < -0.39 is 0 Å². The van der Waals surface area contributed by atoms with Gasteiger partial charge in [0, 0.05) is 18.4 Å². The molecule has 2 aromatic rings. The van der Waals surface area contributed by atoms with Gasteiger partial charge in [0.25, 0.3) is 0 Å². The fraction of sp³-hybridized carbons (Fsp3) is 0.167. The Morgan fingerprint density at radius 2 is 2.25 bits per heavy atom. The molecule has 0 radical (unpaired) electrons. The highest BCUT2D eigenvalue weighted by Gasteiger charge is 2.09. The number of aliphatic hydroxyl groups is 1. The van der Waals surface area contributed by atoms with Gasteiger partial charge < -0.3 is 5.11 Å². The second-order valence-corrected chi connectivity index (χ2v) is 3.49. The number of hydrogen-bond acceptors (Lipinski definition) is 3. The van der Waals surface area contributed by atoms with Crippen molar-refractivity contribution in [3.63, 3.8) is 0 Å². The van der Waals surface area contributed by atoms with E-state index in [9.17, 15) is 4.79 Å². The van der Waals surface area contributed by atoms with E-state index in [1.165, 1.54) is 6.20 Å². The van der Waals surface area contributed by atoms with Gasteiger partial charge in [0.15, 0.2) is 5.78 Å². The number of aromatic amines is 1. The van der Waals surface area contributed by atoms with E-state index in [-0.39, 0.29) is 12.4 Å². The van der Waals surface area contributed by atoms with E-state index in [1.807, 2.05) is 12.1 Å². The minimum atomic E-state index is -0.0615. The predicted molar refractivity (Wildman–Crippen MR) is 59.3 cm³/mol. The Kier molecular flexibility index (Phi) is 3.12. The molecule has 2 rings (SSSR count). The average molecular weight is 216 g/mol. The fourth-order valence-corrected chi connectivity index (χ4v) is 1.54. The van der Waals surface area contributed by atoms with E-state index in [2.05, 4.69) is 10.2 Å². The van der Waals surface area contributed by atoms with Crippen LogP contribution >= 0.6 is 0 Å². The molecule has 0 unspecified atom stereocenters. The molecule has 0 spiro atoms. The number of aliphatic hydroxyl groups excluding tert-OH is 1. The third-order valence-corrected chi connectivity index (χ3v) is 2.35. The maximum Gasteiger partial charge on any atom is 0.196 e. The number of nitrogens with one attached hydrogen (secondary N) is 1. The number of nitrogens with zero attached hydrogens (tertiary/aromatic N) is 1. The zero-order valence-corrected chi connectivity index (χ0v) is 8.68. The summed E-state index contributed by atoms with van der Waals surface area (Å²) in [6.07, 6.45) is 3.63. The molecule has 16 heavy (non-hydrogen) atoms. The van der Waals surface area contributed by atoms with Crippen LogP contribution in [-0.4, -0.2) is 27.7 Å². The van der Waals surface area contributed by atoms with Crippen molar-refractivity contribution in [2.75, 3.05) is 6.61 Å². The molecule has 1 aromatic carbocycles. The first-order valence-electron chi connectivity index (χ1n) is 5.04. The summed E-state index contributed by atoms with van der Waals surface area (Å²) in [7, 11) is 0. The first-order chi connectivity index (χ1) is 7.81. The summed E-state index contributed by atoms with van der Waals surface area (Å²) in [5.74, 6) is -0.0615. The third-order valence-electron chi connectivity index (χ3n) is 2.35. The second kappa shape index (κ2) is 4.72. The Morgan fingerprint density at radius 1 is 1.38 bits per heavy atom. The van der Waals surface area contributed by atoms with Crippen LogP contribution in [0, 0.1) is 0 Å². The summed E-state index contributed by atoms with van der Waals surface area (Å²) in [6, 6.07) is 7.27. The van der Waals surface area contributed by atoms with Crippen molar-refractivity contribution in [1.29, 1.82) is 0 Å². The number of benzene rings is 1. The Bertz CT molecular complexity index is 478. The molecule has 0 aliphatic rings. The average Bonchev–Trinajstić information content (AvgIpc) is 2.82. The number of carbonyl (C=O) groups is 1. The van der Waals surface area contributed by atoms with Crippen LogP contribution < -0.4 is 0 Å². The first-order valence-corrected chi connectivity index (χ1v) is 5.04. The number of H-pyrrole nitrogens is 1. The van der Waals surface area contributed by atoms with Gasteiger partial charge in [-0.2, -0.15) is 5.10 Å². The van der Waals surface area contributed by atoms with Crippen LogP contribution in [0.1, 0.15) is 21.5 Å². The summed E-state index contributed by atoms with van der Waals surface area (Å²) in [5, 5.41) is 15.2. The lowest BCUT2D eigenvalue weighted by atomic mass is 10.0. The predicted octanol–water partition coefficient (Wildman–Crippen LogP) is 1.18. The monoisotopic (exact) mass is 216 g/mol. The SMILES string of the molecule is O=C(c1cn[nH]c1)c1cccc(CCO)c1. The summed E-state index contributed by atoms with van der Waals surface area (Å²) >= 11 is 0. The van der Waals surface area contributed by atoms with Gasteiger partial charge in [0.1, 0.15) is 0 Å². The maximum atomic E-state index is 11.9. The molecule has 4 heteroatoms. The van der Waals surface area contributed by atoms with Gasteiger partial charge in [-0.3, -0.25) is 9.89 Å². The normalized spacial score (nSPS) is 10.3. The zero-order valence-electron chi connectivity index (χ0n) is 8.68. The van der Waals surface area contributed by atoms with Crippen LogP contribution in [0.15, 0.2) is 36.7 Å². The molecule has 0 saturated carbocycles. The van der Waals surface area contributed by atoms with E-state index in [0.717, 1.165) is 5.56 Å². The van der Waals surface area contributed by atoms with Gasteiger partial charge in [-0.1, -0.05) is 18.2 Å². The molecular weight excluding hydrogens is 204 g/mol. The molecule has 0 bridgehead atoms. The Balaban J connectivity index is 2.27. The topological polar surface area (TPSA) is 66.0 Å². The lowest BCUT2D eigenvalue weighted by Gasteiger charge is -2.01. The van der Waals surface area contributed by atoms with Crippen LogP contribution in [0.3, 0.4) is 0 Å². The number of rotatable bonds is 4. The highest BCUT2D eigenvalue weighted by Crippen LogP contribution is 2.11. The Morgan fingerprint density at radius 3 is 2.94 bits per heavy atom. The minimum absolute atomic E-state index is 0.0615. The van der Waals surface area contributed by atoms with Gasteiger partial charge >= 0.3 is 0 Å². The van der Waals surface area contributed by atoms with Crippen molar-refractivity contribution in [2.45, 2.75) is 6.42 Å². The van der Waals surface area contributed by atoms with Crippen molar-refractivity contribution in [1.82, 2.24) is 10.2 Å². The molecule has 0 aliphatic carbocycles. The number of carbonyl (C=O) groups excluding carboxylic acids is 1. The largest absolute Gasteiger partial charge is 0.396 e. The minimum Gasteiger partial charge on any atom is -0.396 e. The Hall–Kier alpha value is -1.94. The van der Waals surface area contributed by atoms with Crippen molar-refractivity contribution in [3.05, 3.63) is 53.3 Å². The molecular formula is C12H12N2O2. The number of hydrogen-bond donors (Lipinski definition) is 2. The molecule has 4 nitrogen and oxygen atoms in total. The van der Waals surface area contributed by atoms with Crippen molar-refractivity contribution < 1.29 is 9.90 Å². The van der Waals surface area contributed by atoms with Gasteiger partial charge in [0.2, 0.25) is 0 Å². The highest BCUT2D eigenvalue weighted by atomic mass is 16.2. The fourth-order valence-electron chi connectivity index (χ4n) is 1.54. The van der Waals surface area contributed by atoms with Crippen molar-refractivity contribution in [2.24, 2.45) is 0 Å². The maximum absolute atomic E-state index is 11.9. The number of aromatic nitrogens is 2. The molecule has 0 amide bonds. The number of ketones is 1. The van der Waals surface area contributed by atoms with E-state index >= 15 is 0 Å². The zero-order chi connectivity index (χ0) is 11.4. The molecule has 1 heterocycles. The lowest BCUT2D eigenvalue weighted by Crippen LogP contribution is -2.01. The quantitative estimate of drug-likeness (QED) is 0.754. The smallest absolute Gasteiger partial charge is 0.196 e. The van der Waals surface area contributed by atoms with Crippen molar-refractivity contribution >= 4 is 5.78 Å². The van der Waals surface area contributed by atoms with Crippen LogP contribution in [0.4, 0.5) is 0 Å². The van der Waals surface area contributed by atoms with Crippen LogP contribution in [0.2, 0.25) is 0 Å². The van der Waals surface area contributed by atoms with E-state index in [0.29, 0.717) is 17.5 Å². The molecule has 1 aromatic heterocycles. The summed E-state index contributed by atoms with van der Waals surface area (Å²) in [5.41, 5.74) is 2.12. The Labute approximate surface area is 92.9 Å². The van der Waals surface area contributed by atoms with Crippen LogP contribution in [-0.2, 0) is 6.42 Å². The molecule has 2 N–H and O–H groups in total. The summed E-state index contributed by atoms with van der Waals surface area (Å²) in [6.45, 7) is 0.0867.